The fourth-order valence-corrected chi connectivity index (χ4v) is 3.87. The summed E-state index contributed by atoms with van der Waals surface area (Å²) in [5, 5.41) is 5.85. The van der Waals surface area contributed by atoms with Gasteiger partial charge in [-0.25, -0.2) is 9.78 Å². The maximum absolute atomic E-state index is 13.0. The molecule has 0 radical (unpaired) electrons. The van der Waals surface area contributed by atoms with Crippen LogP contribution in [0.2, 0.25) is 0 Å². The molecule has 8 nitrogen and oxygen atoms in total. The van der Waals surface area contributed by atoms with Gasteiger partial charge in [0.25, 0.3) is 5.56 Å². The zero-order chi connectivity index (χ0) is 21.2. The van der Waals surface area contributed by atoms with Crippen LogP contribution in [0.25, 0.3) is 10.9 Å². The van der Waals surface area contributed by atoms with Gasteiger partial charge in [-0.2, -0.15) is 0 Å². The lowest BCUT2D eigenvalue weighted by atomic mass is 10.2. The topological polar surface area (TPSA) is 97.5 Å². The first-order valence-corrected chi connectivity index (χ1v) is 11.0. The number of para-hydroxylation sites is 1. The number of quaternary nitrogens is 1. The van der Waals surface area contributed by atoms with Crippen molar-refractivity contribution in [1.29, 1.82) is 0 Å². The minimum absolute atomic E-state index is 0.00318. The number of benzene rings is 1. The number of carbonyl (C=O) groups excluding carboxylic acids is 2. The largest absolute Gasteiger partial charge is 0.338 e. The van der Waals surface area contributed by atoms with Gasteiger partial charge < -0.3 is 10.2 Å². The number of thioether (sulfide) groups is 1. The van der Waals surface area contributed by atoms with E-state index in [0.29, 0.717) is 29.1 Å². The Morgan fingerprint density at radius 1 is 1.17 bits per heavy atom. The Morgan fingerprint density at radius 3 is 2.59 bits per heavy atom. The smallest absolute Gasteiger partial charge is 0.321 e. The molecule has 0 aliphatic carbocycles. The van der Waals surface area contributed by atoms with Crippen molar-refractivity contribution >= 4 is 34.6 Å². The van der Waals surface area contributed by atoms with Gasteiger partial charge in [0.05, 0.1) is 36.3 Å². The van der Waals surface area contributed by atoms with E-state index in [4.69, 9.17) is 0 Å². The quantitative estimate of drug-likeness (QED) is 0.387. The van der Waals surface area contributed by atoms with Crippen molar-refractivity contribution in [2.75, 3.05) is 31.9 Å². The van der Waals surface area contributed by atoms with Gasteiger partial charge in [0.1, 0.15) is 0 Å². The zero-order valence-corrected chi connectivity index (χ0v) is 18.1. The third kappa shape index (κ3) is 6.57. The summed E-state index contributed by atoms with van der Waals surface area (Å²) in [4.78, 5) is 42.6. The molecule has 2 rings (SSSR count). The van der Waals surface area contributed by atoms with E-state index < -0.39 is 11.9 Å². The van der Waals surface area contributed by atoms with Crippen LogP contribution in [0, 0.1) is 0 Å². The Balaban J connectivity index is 2.19. The van der Waals surface area contributed by atoms with Crippen molar-refractivity contribution in [2.24, 2.45) is 0 Å². The van der Waals surface area contributed by atoms with Crippen molar-refractivity contribution in [2.45, 2.75) is 38.9 Å². The second-order valence-corrected chi connectivity index (χ2v) is 7.57. The molecule has 0 aliphatic rings. The van der Waals surface area contributed by atoms with Crippen molar-refractivity contribution in [3.05, 3.63) is 34.6 Å². The SMILES string of the molecule is CCNC(=O)NC(=O)CSc1nc2ccccc2c(=O)n1CCC[NH+](CC)CC. The molecule has 0 spiro atoms. The average Bonchev–Trinajstić information content (AvgIpc) is 2.71. The predicted molar refractivity (Wildman–Crippen MR) is 115 cm³/mol. The summed E-state index contributed by atoms with van der Waals surface area (Å²) < 4.78 is 1.65. The highest BCUT2D eigenvalue weighted by atomic mass is 32.2. The standard InChI is InChI=1S/C20H29N5O3S/c1-4-21-19(28)23-17(26)14-29-20-22-16-11-8-7-10-15(16)18(27)25(20)13-9-12-24(5-2)6-3/h7-8,10-11H,4-6,9,12-14H2,1-3H3,(H2,21,23,26,28)/p+1. The van der Waals surface area contributed by atoms with Crippen molar-refractivity contribution < 1.29 is 14.5 Å². The predicted octanol–water partition coefficient (Wildman–Crippen LogP) is 0.649. The maximum Gasteiger partial charge on any atom is 0.321 e. The summed E-state index contributed by atoms with van der Waals surface area (Å²) in [7, 11) is 0. The number of carbonyl (C=O) groups is 2. The summed E-state index contributed by atoms with van der Waals surface area (Å²) in [5.41, 5.74) is 0.506. The number of amides is 3. The molecular weight excluding hydrogens is 390 g/mol. The average molecular weight is 421 g/mol. The van der Waals surface area contributed by atoms with Crippen LogP contribution in [0.5, 0.6) is 0 Å². The summed E-state index contributed by atoms with van der Waals surface area (Å²) in [6.45, 7) is 10.1. The van der Waals surface area contributed by atoms with E-state index in [1.54, 1.807) is 23.6 Å². The number of rotatable bonds is 10. The van der Waals surface area contributed by atoms with Gasteiger partial charge in [-0.05, 0) is 32.9 Å². The Kier molecular flexibility index (Phi) is 9.14. The molecule has 0 fully saturated rings. The number of hydrogen-bond acceptors (Lipinski definition) is 5. The summed E-state index contributed by atoms with van der Waals surface area (Å²) in [6.07, 6.45) is 0.843. The van der Waals surface area contributed by atoms with Gasteiger partial charge in [-0.1, -0.05) is 23.9 Å². The number of nitrogens with zero attached hydrogens (tertiary/aromatic N) is 2. The van der Waals surface area contributed by atoms with Crippen LogP contribution in [-0.4, -0.2) is 53.4 Å². The molecule has 2 aromatic rings. The molecule has 3 amide bonds. The van der Waals surface area contributed by atoms with Crippen LogP contribution in [0.15, 0.2) is 34.2 Å². The number of fused-ring (bicyclic) bond motifs is 1. The van der Waals surface area contributed by atoms with Crippen molar-refractivity contribution in [3.63, 3.8) is 0 Å². The van der Waals surface area contributed by atoms with E-state index in [0.717, 1.165) is 26.1 Å². The van der Waals surface area contributed by atoms with Crippen molar-refractivity contribution in [1.82, 2.24) is 20.2 Å². The Bertz CT molecular complexity index is 895. The van der Waals surface area contributed by atoms with E-state index in [1.165, 1.54) is 16.7 Å². The molecule has 0 saturated carbocycles. The fourth-order valence-electron chi connectivity index (χ4n) is 3.04. The number of aromatic nitrogens is 2. The first-order valence-electron chi connectivity index (χ1n) is 10.0. The van der Waals surface area contributed by atoms with Gasteiger partial charge in [0, 0.05) is 19.5 Å². The van der Waals surface area contributed by atoms with E-state index in [-0.39, 0.29) is 11.3 Å². The summed E-state index contributed by atoms with van der Waals surface area (Å²) in [6, 6.07) is 6.69. The molecule has 29 heavy (non-hydrogen) atoms. The lowest BCUT2D eigenvalue weighted by Gasteiger charge is -2.17. The second-order valence-electron chi connectivity index (χ2n) is 6.63. The highest BCUT2D eigenvalue weighted by molar-refractivity contribution is 7.99. The molecule has 158 valence electrons. The van der Waals surface area contributed by atoms with Crippen LogP contribution in [-0.2, 0) is 11.3 Å². The van der Waals surface area contributed by atoms with Gasteiger partial charge in [0.15, 0.2) is 5.16 Å². The third-order valence-electron chi connectivity index (χ3n) is 4.66. The van der Waals surface area contributed by atoms with E-state index in [1.807, 2.05) is 12.1 Å². The van der Waals surface area contributed by atoms with Crippen LogP contribution >= 0.6 is 11.8 Å². The molecule has 1 aromatic heterocycles. The summed E-state index contributed by atoms with van der Waals surface area (Å²) in [5.74, 6) is -0.425. The summed E-state index contributed by atoms with van der Waals surface area (Å²) >= 11 is 1.17. The molecule has 0 atom stereocenters. The van der Waals surface area contributed by atoms with Crippen LogP contribution in [0.3, 0.4) is 0 Å². The zero-order valence-electron chi connectivity index (χ0n) is 17.3. The Labute approximate surface area is 175 Å². The van der Waals surface area contributed by atoms with Crippen LogP contribution in [0.4, 0.5) is 4.79 Å². The Hall–Kier alpha value is -2.39. The Morgan fingerprint density at radius 2 is 1.90 bits per heavy atom. The minimum Gasteiger partial charge on any atom is -0.338 e. The molecule has 9 heteroatoms. The maximum atomic E-state index is 13.0. The molecule has 0 bridgehead atoms. The normalized spacial score (nSPS) is 11.0. The molecular formula is C20H30N5O3S+. The van der Waals surface area contributed by atoms with Crippen LogP contribution in [0.1, 0.15) is 27.2 Å². The molecule has 0 aliphatic heterocycles. The second kappa shape index (κ2) is 11.6. The number of imide groups is 1. The van der Waals surface area contributed by atoms with E-state index >= 15 is 0 Å². The molecule has 1 heterocycles. The first kappa shape index (κ1) is 22.9. The lowest BCUT2D eigenvalue weighted by molar-refractivity contribution is -0.896. The first-order chi connectivity index (χ1) is 14.0. The molecule has 1 aromatic carbocycles. The number of hydrogen-bond donors (Lipinski definition) is 3. The fraction of sp³-hybridized carbons (Fsp3) is 0.500. The van der Waals surface area contributed by atoms with E-state index in [2.05, 4.69) is 29.5 Å². The van der Waals surface area contributed by atoms with Gasteiger partial charge in [0.2, 0.25) is 5.91 Å². The van der Waals surface area contributed by atoms with Gasteiger partial charge in [-0.15, -0.1) is 0 Å². The van der Waals surface area contributed by atoms with Gasteiger partial charge >= 0.3 is 6.03 Å². The van der Waals surface area contributed by atoms with Crippen LogP contribution < -0.4 is 21.1 Å². The lowest BCUT2D eigenvalue weighted by Crippen LogP contribution is -3.11. The number of urea groups is 1. The van der Waals surface area contributed by atoms with E-state index in [9.17, 15) is 14.4 Å². The highest BCUT2D eigenvalue weighted by Gasteiger charge is 2.15. The minimum atomic E-state index is -0.524. The number of nitrogens with one attached hydrogen (secondary N) is 3. The van der Waals surface area contributed by atoms with Crippen molar-refractivity contribution in [3.8, 4) is 0 Å². The molecule has 3 N–H and O–H groups in total. The molecule has 0 unspecified atom stereocenters. The third-order valence-corrected chi connectivity index (χ3v) is 5.64. The highest BCUT2D eigenvalue weighted by Crippen LogP contribution is 2.17. The monoisotopic (exact) mass is 420 g/mol. The molecule has 0 saturated heterocycles. The van der Waals surface area contributed by atoms with Gasteiger partial charge in [-0.3, -0.25) is 19.5 Å².